The normalized spacial score (nSPS) is 12.6. The summed E-state index contributed by atoms with van der Waals surface area (Å²) in [5.74, 6) is 1.33. The number of nitrogens with two attached hydrogens (primary N) is 2. The fraction of sp³-hybridized carbons (Fsp3) is 0.0769. The molecule has 0 aromatic heterocycles. The summed E-state index contributed by atoms with van der Waals surface area (Å²) in [6.07, 6.45) is 0. The summed E-state index contributed by atoms with van der Waals surface area (Å²) < 4.78 is 18.4. The van der Waals surface area contributed by atoms with Crippen LogP contribution in [0.4, 0.5) is 11.4 Å². The zero-order valence-corrected chi connectivity index (χ0v) is 19.4. The van der Waals surface area contributed by atoms with E-state index in [1.54, 1.807) is 12.1 Å². The highest BCUT2D eigenvalue weighted by Crippen LogP contribution is 2.41. The molecule has 0 spiro atoms. The van der Waals surface area contributed by atoms with Crippen molar-refractivity contribution in [2.24, 2.45) is 0 Å². The van der Waals surface area contributed by atoms with Gasteiger partial charge in [0.15, 0.2) is 10.9 Å². The van der Waals surface area contributed by atoms with E-state index in [-0.39, 0.29) is 0 Å². The van der Waals surface area contributed by atoms with E-state index in [0.29, 0.717) is 22.9 Å². The standard InChI is InChI=1S/C26H24N2O3S2/c27-21-13-7-15-23(17-21)29-25(19-9-3-1-4-10-19)32-31-33-26(20-11-5-2-6-12-20)30-24-16-8-14-22(28)18-24/h1-18,25-26H,27-28H2. The van der Waals surface area contributed by atoms with Gasteiger partial charge in [0.2, 0.25) is 0 Å². The van der Waals surface area contributed by atoms with Crippen LogP contribution >= 0.6 is 24.1 Å². The highest BCUT2D eigenvalue weighted by molar-refractivity contribution is 8.08. The molecule has 0 radical (unpaired) electrons. The second-order valence-corrected chi connectivity index (χ2v) is 8.91. The maximum Gasteiger partial charge on any atom is 0.195 e. The van der Waals surface area contributed by atoms with E-state index < -0.39 is 10.9 Å². The highest BCUT2D eigenvalue weighted by Gasteiger charge is 2.20. The second-order valence-electron chi connectivity index (χ2n) is 7.13. The Hall–Kier alpha value is -3.26. The van der Waals surface area contributed by atoms with Crippen LogP contribution in [-0.2, 0) is 3.63 Å². The van der Waals surface area contributed by atoms with Crippen molar-refractivity contribution in [3.05, 3.63) is 120 Å². The molecule has 33 heavy (non-hydrogen) atoms. The van der Waals surface area contributed by atoms with E-state index in [9.17, 15) is 0 Å². The van der Waals surface area contributed by atoms with Crippen molar-refractivity contribution >= 4 is 35.5 Å². The zero-order valence-electron chi connectivity index (χ0n) is 17.7. The molecule has 0 saturated heterocycles. The summed E-state index contributed by atoms with van der Waals surface area (Å²) in [5, 5.41) is 0. The van der Waals surface area contributed by atoms with Gasteiger partial charge < -0.3 is 20.9 Å². The zero-order chi connectivity index (χ0) is 22.9. The minimum Gasteiger partial charge on any atom is -0.473 e. The van der Waals surface area contributed by atoms with Crippen molar-refractivity contribution in [3.63, 3.8) is 0 Å². The SMILES string of the molecule is Nc1cccc(OC(SOSC(Oc2cccc(N)c2)c2ccccc2)c2ccccc2)c1. The van der Waals surface area contributed by atoms with Crippen molar-refractivity contribution in [2.75, 3.05) is 11.5 Å². The first kappa shape index (κ1) is 22.9. The smallest absolute Gasteiger partial charge is 0.195 e. The monoisotopic (exact) mass is 476 g/mol. The van der Waals surface area contributed by atoms with Crippen LogP contribution < -0.4 is 20.9 Å². The molecule has 7 heteroatoms. The minimum absolute atomic E-state index is 0.399. The Labute approximate surface area is 202 Å². The first-order chi connectivity index (χ1) is 16.2. The van der Waals surface area contributed by atoms with Gasteiger partial charge in [0.1, 0.15) is 11.5 Å². The third-order valence-corrected chi connectivity index (χ3v) is 6.31. The molecule has 5 nitrogen and oxygen atoms in total. The summed E-state index contributed by atoms with van der Waals surface area (Å²) in [4.78, 5) is 0. The summed E-state index contributed by atoms with van der Waals surface area (Å²) >= 11 is 2.41. The van der Waals surface area contributed by atoms with E-state index in [1.807, 2.05) is 97.1 Å². The highest BCUT2D eigenvalue weighted by atomic mass is 32.2. The molecule has 0 amide bonds. The molecular weight excluding hydrogens is 452 g/mol. The topological polar surface area (TPSA) is 79.7 Å². The van der Waals surface area contributed by atoms with E-state index in [0.717, 1.165) is 11.1 Å². The van der Waals surface area contributed by atoms with Crippen LogP contribution in [0.15, 0.2) is 109 Å². The van der Waals surface area contributed by atoms with Crippen molar-refractivity contribution < 1.29 is 13.1 Å². The third-order valence-electron chi connectivity index (χ3n) is 4.60. The molecule has 168 valence electrons. The average Bonchev–Trinajstić information content (AvgIpc) is 2.84. The van der Waals surface area contributed by atoms with E-state index in [2.05, 4.69) is 0 Å². The van der Waals surface area contributed by atoms with Crippen molar-refractivity contribution in [2.45, 2.75) is 10.9 Å². The Balaban J connectivity index is 1.48. The minimum atomic E-state index is -0.399. The van der Waals surface area contributed by atoms with Gasteiger partial charge in [0.25, 0.3) is 0 Å². The van der Waals surface area contributed by atoms with Crippen LogP contribution in [0.2, 0.25) is 0 Å². The van der Waals surface area contributed by atoms with Crippen molar-refractivity contribution in [1.29, 1.82) is 0 Å². The number of hydrogen-bond acceptors (Lipinski definition) is 7. The van der Waals surface area contributed by atoms with Gasteiger partial charge in [-0.15, -0.1) is 0 Å². The number of benzene rings is 4. The predicted molar refractivity (Wildman–Crippen MR) is 138 cm³/mol. The molecule has 4 rings (SSSR count). The first-order valence-electron chi connectivity index (χ1n) is 10.3. The van der Waals surface area contributed by atoms with Crippen LogP contribution in [-0.4, -0.2) is 0 Å². The lowest BCUT2D eigenvalue weighted by Crippen LogP contribution is -2.06. The Bertz CT molecular complexity index is 1060. The molecule has 4 N–H and O–H groups in total. The van der Waals surface area contributed by atoms with Gasteiger partial charge in [-0.05, 0) is 24.3 Å². The molecule has 0 saturated carbocycles. The molecule has 0 fully saturated rings. The number of anilines is 2. The van der Waals surface area contributed by atoms with Gasteiger partial charge in [-0.2, -0.15) is 0 Å². The number of hydrogen-bond donors (Lipinski definition) is 2. The van der Waals surface area contributed by atoms with Crippen LogP contribution in [0, 0.1) is 0 Å². The molecule has 2 atom stereocenters. The van der Waals surface area contributed by atoms with Crippen LogP contribution in [0.25, 0.3) is 0 Å². The van der Waals surface area contributed by atoms with Crippen molar-refractivity contribution in [1.82, 2.24) is 0 Å². The lowest BCUT2D eigenvalue weighted by Gasteiger charge is -2.21. The fourth-order valence-corrected chi connectivity index (χ4v) is 4.61. The molecule has 0 heterocycles. The average molecular weight is 477 g/mol. The summed E-state index contributed by atoms with van der Waals surface area (Å²) in [6, 6.07) is 34.5. The molecule has 2 unspecified atom stereocenters. The van der Waals surface area contributed by atoms with Gasteiger partial charge >= 0.3 is 0 Å². The summed E-state index contributed by atoms with van der Waals surface area (Å²) in [7, 11) is 0. The van der Waals surface area contributed by atoms with Gasteiger partial charge in [-0.3, -0.25) is 0 Å². The predicted octanol–water partition coefficient (Wildman–Crippen LogP) is 7.02. The number of rotatable bonds is 10. The largest absolute Gasteiger partial charge is 0.473 e. The quantitative estimate of drug-likeness (QED) is 0.145. The lowest BCUT2D eigenvalue weighted by atomic mass is 10.2. The Morgan fingerprint density at radius 2 is 0.939 bits per heavy atom. The molecule has 0 aliphatic heterocycles. The molecule has 0 bridgehead atoms. The number of nitrogen functional groups attached to an aromatic ring is 2. The van der Waals surface area contributed by atoms with E-state index in [4.69, 9.17) is 24.6 Å². The maximum absolute atomic E-state index is 6.19. The lowest BCUT2D eigenvalue weighted by molar-refractivity contribution is 0.282. The van der Waals surface area contributed by atoms with Gasteiger partial charge in [0, 0.05) is 34.6 Å². The van der Waals surface area contributed by atoms with Crippen molar-refractivity contribution in [3.8, 4) is 11.5 Å². The third kappa shape index (κ3) is 6.86. The molecule has 4 aromatic carbocycles. The van der Waals surface area contributed by atoms with Gasteiger partial charge in [0.05, 0.1) is 24.1 Å². The second kappa shape index (κ2) is 11.6. The van der Waals surface area contributed by atoms with Crippen LogP contribution in [0.3, 0.4) is 0 Å². The number of ether oxygens (including phenoxy) is 2. The Kier molecular flexibility index (Phi) is 8.03. The van der Waals surface area contributed by atoms with Gasteiger partial charge in [-0.1, -0.05) is 72.8 Å². The summed E-state index contributed by atoms with van der Waals surface area (Å²) in [5.41, 5.74) is 14.2. The van der Waals surface area contributed by atoms with Crippen LogP contribution in [0.5, 0.6) is 11.5 Å². The first-order valence-corrected chi connectivity index (χ1v) is 11.9. The molecule has 4 aromatic rings. The van der Waals surface area contributed by atoms with Crippen LogP contribution in [0.1, 0.15) is 22.0 Å². The summed E-state index contributed by atoms with van der Waals surface area (Å²) in [6.45, 7) is 0. The Morgan fingerprint density at radius 1 is 0.515 bits per heavy atom. The maximum atomic E-state index is 6.19. The van der Waals surface area contributed by atoms with E-state index >= 15 is 0 Å². The molecule has 0 aliphatic rings. The van der Waals surface area contributed by atoms with Gasteiger partial charge in [-0.25, -0.2) is 3.63 Å². The Morgan fingerprint density at radius 3 is 1.33 bits per heavy atom. The molecule has 0 aliphatic carbocycles. The van der Waals surface area contributed by atoms with E-state index in [1.165, 1.54) is 24.1 Å². The molecular formula is C26H24N2O3S2. The fourth-order valence-electron chi connectivity index (χ4n) is 3.02.